The fraction of sp³-hybridized carbons (Fsp3) is 0.417. The monoisotopic (exact) mass is 323 g/mol. The third-order valence-corrected chi connectivity index (χ3v) is 3.73. The molecule has 0 bridgehead atoms. The van der Waals surface area contributed by atoms with Crippen LogP contribution in [0.4, 0.5) is 15.7 Å². The maximum absolute atomic E-state index is 11.9. The Morgan fingerprint density at radius 2 is 2.05 bits per heavy atom. The number of urea groups is 1. The topological polar surface area (TPSA) is 105 Å². The molecule has 2 aromatic heterocycles. The van der Waals surface area contributed by atoms with Gasteiger partial charge in [0.15, 0.2) is 10.9 Å². The van der Waals surface area contributed by atoms with Gasteiger partial charge in [-0.2, -0.15) is 9.90 Å². The summed E-state index contributed by atoms with van der Waals surface area (Å²) in [5.41, 5.74) is 0.895. The quantitative estimate of drug-likeness (QED) is 0.876. The number of aromatic nitrogens is 4. The zero-order valence-corrected chi connectivity index (χ0v) is 13.6. The molecule has 2 rings (SSSR count). The van der Waals surface area contributed by atoms with Crippen LogP contribution in [-0.4, -0.2) is 50.9 Å². The van der Waals surface area contributed by atoms with E-state index in [1.165, 1.54) is 27.2 Å². The van der Waals surface area contributed by atoms with Crippen LogP contribution >= 0.6 is 11.3 Å². The molecule has 10 heteroatoms. The van der Waals surface area contributed by atoms with Gasteiger partial charge in [0.25, 0.3) is 0 Å². The van der Waals surface area contributed by atoms with Gasteiger partial charge in [-0.3, -0.25) is 10.1 Å². The Kier molecular flexibility index (Phi) is 4.71. The number of anilines is 2. The van der Waals surface area contributed by atoms with E-state index in [-0.39, 0.29) is 24.3 Å². The Labute approximate surface area is 131 Å². The number of carbonyl (C=O) groups excluding carboxylic acids is 2. The summed E-state index contributed by atoms with van der Waals surface area (Å²) in [5, 5.41) is 13.7. The van der Waals surface area contributed by atoms with Crippen molar-refractivity contribution in [2.75, 3.05) is 24.7 Å². The number of hydrogen-bond donors (Lipinski definition) is 2. The fourth-order valence-electron chi connectivity index (χ4n) is 1.47. The summed E-state index contributed by atoms with van der Waals surface area (Å²) in [6.45, 7) is 3.77. The maximum Gasteiger partial charge on any atom is 0.322 e. The van der Waals surface area contributed by atoms with Crippen molar-refractivity contribution < 1.29 is 9.59 Å². The van der Waals surface area contributed by atoms with E-state index in [0.717, 1.165) is 10.6 Å². The molecule has 0 spiro atoms. The number of amides is 3. The van der Waals surface area contributed by atoms with Crippen LogP contribution in [0.2, 0.25) is 0 Å². The smallest absolute Gasteiger partial charge is 0.322 e. The highest BCUT2D eigenvalue weighted by atomic mass is 32.1. The molecule has 0 fully saturated rings. The summed E-state index contributed by atoms with van der Waals surface area (Å²) in [6, 6.07) is -0.315. The first kappa shape index (κ1) is 15.9. The second-order valence-corrected chi connectivity index (χ2v) is 6.00. The molecule has 9 nitrogen and oxygen atoms in total. The summed E-state index contributed by atoms with van der Waals surface area (Å²) < 4.78 is 0. The predicted molar refractivity (Wildman–Crippen MR) is 82.9 cm³/mol. The van der Waals surface area contributed by atoms with E-state index in [4.69, 9.17) is 0 Å². The summed E-state index contributed by atoms with van der Waals surface area (Å²) in [7, 11) is 3.23. The van der Waals surface area contributed by atoms with Crippen LogP contribution in [0.3, 0.4) is 0 Å². The van der Waals surface area contributed by atoms with Crippen molar-refractivity contribution in [1.82, 2.24) is 24.9 Å². The molecule has 2 aromatic rings. The molecule has 0 saturated heterocycles. The second-order valence-electron chi connectivity index (χ2n) is 4.79. The lowest BCUT2D eigenvalue weighted by atomic mass is 10.4. The molecule has 0 aliphatic rings. The van der Waals surface area contributed by atoms with E-state index in [1.54, 1.807) is 14.1 Å². The first-order valence-corrected chi connectivity index (χ1v) is 7.29. The number of aryl methyl sites for hydroxylation is 2. The minimum Gasteiger partial charge on any atom is -0.331 e. The fourth-order valence-corrected chi connectivity index (χ4v) is 2.30. The SMILES string of the molecule is Cc1nc(NC(=O)Cn2ncc(NC(=O)N(C)C)n2)sc1C. The summed E-state index contributed by atoms with van der Waals surface area (Å²) in [5.74, 6) is 0.00211. The molecule has 0 atom stereocenters. The van der Waals surface area contributed by atoms with Gasteiger partial charge in [0.1, 0.15) is 6.54 Å². The molecular formula is C12H17N7O2S. The van der Waals surface area contributed by atoms with Gasteiger partial charge in [0.2, 0.25) is 5.91 Å². The van der Waals surface area contributed by atoms with E-state index >= 15 is 0 Å². The molecule has 0 unspecified atom stereocenters. The number of hydrogen-bond acceptors (Lipinski definition) is 6. The van der Waals surface area contributed by atoms with Crippen LogP contribution in [-0.2, 0) is 11.3 Å². The van der Waals surface area contributed by atoms with Crippen molar-refractivity contribution in [3.8, 4) is 0 Å². The third-order valence-electron chi connectivity index (χ3n) is 2.74. The Balaban J connectivity index is 1.92. The number of carbonyl (C=O) groups is 2. The van der Waals surface area contributed by atoms with E-state index in [0.29, 0.717) is 5.13 Å². The van der Waals surface area contributed by atoms with Crippen LogP contribution in [0.15, 0.2) is 6.20 Å². The lowest BCUT2D eigenvalue weighted by Crippen LogP contribution is -2.27. The highest BCUT2D eigenvalue weighted by Crippen LogP contribution is 2.20. The van der Waals surface area contributed by atoms with E-state index in [1.807, 2.05) is 13.8 Å². The summed E-state index contributed by atoms with van der Waals surface area (Å²) in [6.07, 6.45) is 1.38. The lowest BCUT2D eigenvalue weighted by Gasteiger charge is -2.09. The number of thiazole rings is 1. The average molecular weight is 323 g/mol. The van der Waals surface area contributed by atoms with Gasteiger partial charge in [0, 0.05) is 19.0 Å². The van der Waals surface area contributed by atoms with Gasteiger partial charge < -0.3 is 10.2 Å². The molecule has 118 valence electrons. The van der Waals surface area contributed by atoms with Crippen molar-refractivity contribution in [3.63, 3.8) is 0 Å². The van der Waals surface area contributed by atoms with Crippen LogP contribution in [0.1, 0.15) is 10.6 Å². The average Bonchev–Trinajstić information content (AvgIpc) is 2.97. The predicted octanol–water partition coefficient (Wildman–Crippen LogP) is 1.08. The Morgan fingerprint density at radius 1 is 1.32 bits per heavy atom. The molecular weight excluding hydrogens is 306 g/mol. The Morgan fingerprint density at radius 3 is 2.64 bits per heavy atom. The van der Waals surface area contributed by atoms with E-state index in [2.05, 4.69) is 25.8 Å². The summed E-state index contributed by atoms with van der Waals surface area (Å²) >= 11 is 1.41. The highest BCUT2D eigenvalue weighted by Gasteiger charge is 2.11. The number of rotatable bonds is 4. The molecule has 0 aliphatic carbocycles. The van der Waals surface area contributed by atoms with Gasteiger partial charge in [-0.15, -0.1) is 16.4 Å². The Bertz CT molecular complexity index is 672. The molecule has 22 heavy (non-hydrogen) atoms. The van der Waals surface area contributed by atoms with Crippen LogP contribution in [0.25, 0.3) is 0 Å². The molecule has 2 heterocycles. The molecule has 2 N–H and O–H groups in total. The van der Waals surface area contributed by atoms with Gasteiger partial charge in [-0.1, -0.05) is 0 Å². The largest absolute Gasteiger partial charge is 0.331 e. The minimum atomic E-state index is -0.315. The van der Waals surface area contributed by atoms with Crippen molar-refractivity contribution in [2.24, 2.45) is 0 Å². The molecule has 0 saturated carbocycles. The van der Waals surface area contributed by atoms with Crippen LogP contribution in [0, 0.1) is 13.8 Å². The normalized spacial score (nSPS) is 10.4. The first-order chi connectivity index (χ1) is 10.3. The molecule has 0 aromatic carbocycles. The highest BCUT2D eigenvalue weighted by molar-refractivity contribution is 7.15. The zero-order valence-electron chi connectivity index (χ0n) is 12.7. The van der Waals surface area contributed by atoms with Crippen molar-refractivity contribution >= 4 is 34.2 Å². The minimum absolute atomic E-state index is 0.0600. The summed E-state index contributed by atoms with van der Waals surface area (Å²) in [4.78, 5) is 31.2. The van der Waals surface area contributed by atoms with Gasteiger partial charge >= 0.3 is 6.03 Å². The maximum atomic E-state index is 11.9. The molecule has 3 amide bonds. The van der Waals surface area contributed by atoms with Crippen molar-refractivity contribution in [1.29, 1.82) is 0 Å². The van der Waals surface area contributed by atoms with Crippen molar-refractivity contribution in [2.45, 2.75) is 20.4 Å². The van der Waals surface area contributed by atoms with Crippen molar-refractivity contribution in [3.05, 3.63) is 16.8 Å². The van der Waals surface area contributed by atoms with E-state index in [9.17, 15) is 9.59 Å². The Hall–Kier alpha value is -2.49. The first-order valence-electron chi connectivity index (χ1n) is 6.47. The standard InChI is InChI=1S/C12H17N7O2S/c1-7-8(2)22-11(14-7)16-10(20)6-19-13-5-9(17-19)15-12(21)18(3)4/h5H,6H2,1-4H3,(H,14,16,20)(H,15,17,21). The number of nitrogens with one attached hydrogen (secondary N) is 2. The van der Waals surface area contributed by atoms with Crippen LogP contribution in [0.5, 0.6) is 0 Å². The van der Waals surface area contributed by atoms with Crippen LogP contribution < -0.4 is 10.6 Å². The van der Waals surface area contributed by atoms with E-state index < -0.39 is 0 Å². The molecule has 0 radical (unpaired) electrons. The lowest BCUT2D eigenvalue weighted by molar-refractivity contribution is -0.117. The van der Waals surface area contributed by atoms with Gasteiger partial charge in [0.05, 0.1) is 11.9 Å². The third kappa shape index (κ3) is 4.01. The number of nitrogens with zero attached hydrogens (tertiary/aromatic N) is 5. The second kappa shape index (κ2) is 6.52. The van der Waals surface area contributed by atoms with Gasteiger partial charge in [-0.05, 0) is 13.8 Å². The zero-order chi connectivity index (χ0) is 16.3. The molecule has 0 aliphatic heterocycles. The van der Waals surface area contributed by atoms with Gasteiger partial charge in [-0.25, -0.2) is 9.78 Å².